The zero-order valence-electron chi connectivity index (χ0n) is 11.6. The monoisotopic (exact) mass is 319 g/mol. The number of thiazole rings is 1. The van der Waals surface area contributed by atoms with Crippen molar-refractivity contribution in [1.82, 2.24) is 15.1 Å². The average molecular weight is 319 g/mol. The van der Waals surface area contributed by atoms with Crippen molar-refractivity contribution < 1.29 is 13.3 Å². The second kappa shape index (κ2) is 4.95. The van der Waals surface area contributed by atoms with Crippen LogP contribution >= 0.6 is 11.3 Å². The number of hydrogen-bond donors (Lipinski definition) is 0. The SMILES string of the molecule is Cc1csc(-c2noc([C@@H]3C[C@H]3c3ccc(F)cc3F)n2)n1. The molecule has 1 aliphatic rings. The van der Waals surface area contributed by atoms with Crippen molar-refractivity contribution in [3.63, 3.8) is 0 Å². The Bertz CT molecular complexity index is 845. The maximum absolute atomic E-state index is 13.8. The molecule has 7 heteroatoms. The highest BCUT2D eigenvalue weighted by Gasteiger charge is 2.45. The van der Waals surface area contributed by atoms with E-state index in [1.54, 1.807) is 0 Å². The van der Waals surface area contributed by atoms with Crippen molar-refractivity contribution in [2.24, 2.45) is 0 Å². The van der Waals surface area contributed by atoms with Crippen molar-refractivity contribution in [2.45, 2.75) is 25.2 Å². The van der Waals surface area contributed by atoms with Gasteiger partial charge in [0.2, 0.25) is 11.7 Å². The van der Waals surface area contributed by atoms with Crippen molar-refractivity contribution in [2.75, 3.05) is 0 Å². The molecule has 0 radical (unpaired) electrons. The quantitative estimate of drug-likeness (QED) is 0.731. The van der Waals surface area contributed by atoms with Gasteiger partial charge in [0.25, 0.3) is 0 Å². The molecule has 2 aromatic heterocycles. The Hall–Kier alpha value is -2.15. The molecule has 0 unspecified atom stereocenters. The molecule has 0 saturated heterocycles. The van der Waals surface area contributed by atoms with E-state index in [9.17, 15) is 8.78 Å². The Labute approximate surface area is 128 Å². The lowest BCUT2D eigenvalue weighted by Gasteiger charge is -2.00. The lowest BCUT2D eigenvalue weighted by Crippen LogP contribution is -1.91. The summed E-state index contributed by atoms with van der Waals surface area (Å²) < 4.78 is 32.0. The fourth-order valence-corrected chi connectivity index (χ4v) is 3.26. The van der Waals surface area contributed by atoms with Crippen molar-refractivity contribution in [3.05, 3.63) is 52.4 Å². The molecule has 4 nitrogen and oxygen atoms in total. The van der Waals surface area contributed by atoms with Gasteiger partial charge in [-0.3, -0.25) is 0 Å². The summed E-state index contributed by atoms with van der Waals surface area (Å²) >= 11 is 1.45. The van der Waals surface area contributed by atoms with Crippen molar-refractivity contribution in [3.8, 4) is 10.8 Å². The number of benzene rings is 1. The Morgan fingerprint density at radius 1 is 1.23 bits per heavy atom. The summed E-state index contributed by atoms with van der Waals surface area (Å²) in [7, 11) is 0. The smallest absolute Gasteiger partial charge is 0.231 e. The highest BCUT2D eigenvalue weighted by atomic mass is 32.1. The van der Waals surface area contributed by atoms with Crippen LogP contribution in [-0.4, -0.2) is 15.1 Å². The van der Waals surface area contributed by atoms with E-state index in [4.69, 9.17) is 4.52 Å². The van der Waals surface area contributed by atoms with Crippen molar-refractivity contribution in [1.29, 1.82) is 0 Å². The van der Waals surface area contributed by atoms with Gasteiger partial charge in [0.15, 0.2) is 5.01 Å². The summed E-state index contributed by atoms with van der Waals surface area (Å²) in [6, 6.07) is 3.66. The van der Waals surface area contributed by atoms with Gasteiger partial charge in [-0.25, -0.2) is 13.8 Å². The summed E-state index contributed by atoms with van der Waals surface area (Å²) in [4.78, 5) is 8.66. The van der Waals surface area contributed by atoms with Gasteiger partial charge < -0.3 is 4.52 Å². The summed E-state index contributed by atoms with van der Waals surface area (Å²) in [6.07, 6.45) is 0.723. The molecule has 0 aliphatic heterocycles. The second-order valence-electron chi connectivity index (χ2n) is 5.36. The third-order valence-corrected chi connectivity index (χ3v) is 4.68. The van der Waals surface area contributed by atoms with Crippen LogP contribution in [0.15, 0.2) is 28.1 Å². The van der Waals surface area contributed by atoms with Gasteiger partial charge in [-0.2, -0.15) is 4.98 Å². The van der Waals surface area contributed by atoms with E-state index >= 15 is 0 Å². The molecule has 0 bridgehead atoms. The summed E-state index contributed by atoms with van der Waals surface area (Å²) in [5.74, 6) is -0.204. The van der Waals surface area contributed by atoms with Gasteiger partial charge in [-0.1, -0.05) is 11.2 Å². The molecule has 0 spiro atoms. The van der Waals surface area contributed by atoms with Crippen LogP contribution < -0.4 is 0 Å². The Kier molecular flexibility index (Phi) is 3.04. The van der Waals surface area contributed by atoms with Gasteiger partial charge in [0.1, 0.15) is 11.6 Å². The molecule has 3 aromatic rings. The minimum absolute atomic E-state index is 0.0118. The Morgan fingerprint density at radius 3 is 2.82 bits per heavy atom. The number of rotatable bonds is 3. The van der Waals surface area contributed by atoms with Crippen molar-refractivity contribution >= 4 is 11.3 Å². The fraction of sp³-hybridized carbons (Fsp3) is 0.267. The van der Waals surface area contributed by atoms with Crippen LogP contribution in [0.1, 0.15) is 35.4 Å². The third-order valence-electron chi connectivity index (χ3n) is 3.72. The topological polar surface area (TPSA) is 51.8 Å². The summed E-state index contributed by atoms with van der Waals surface area (Å²) in [5.41, 5.74) is 1.40. The van der Waals surface area contributed by atoms with Gasteiger partial charge >= 0.3 is 0 Å². The van der Waals surface area contributed by atoms with E-state index in [0.29, 0.717) is 22.3 Å². The van der Waals surface area contributed by atoms with Crippen LogP contribution in [0.25, 0.3) is 10.8 Å². The molecule has 1 saturated carbocycles. The molecule has 1 aromatic carbocycles. The Morgan fingerprint density at radius 2 is 2.09 bits per heavy atom. The molecule has 0 amide bonds. The minimum atomic E-state index is -0.572. The Balaban J connectivity index is 1.56. The number of nitrogens with zero attached hydrogens (tertiary/aromatic N) is 3. The standard InChI is InChI=1S/C15H11F2N3OS/c1-7-6-22-15(18-7)13-19-14(21-20-13)11-5-10(11)9-3-2-8(16)4-12(9)17/h2-4,6,10-11H,5H2,1H3/t10-,11+/m0/s1. The zero-order valence-corrected chi connectivity index (χ0v) is 12.4. The largest absolute Gasteiger partial charge is 0.339 e. The molecule has 1 aliphatic carbocycles. The van der Waals surface area contributed by atoms with E-state index in [2.05, 4.69) is 15.1 Å². The number of aryl methyl sites for hydroxylation is 1. The van der Waals surface area contributed by atoms with E-state index in [0.717, 1.165) is 18.2 Å². The maximum atomic E-state index is 13.8. The minimum Gasteiger partial charge on any atom is -0.339 e. The first kappa shape index (κ1) is 13.5. The van der Waals surface area contributed by atoms with Crippen LogP contribution in [0.5, 0.6) is 0 Å². The molecular formula is C15H11F2N3OS. The highest BCUT2D eigenvalue weighted by Crippen LogP contribution is 2.54. The predicted molar refractivity (Wildman–Crippen MR) is 76.6 cm³/mol. The van der Waals surface area contributed by atoms with E-state index in [1.165, 1.54) is 23.5 Å². The van der Waals surface area contributed by atoms with Crippen LogP contribution in [0.4, 0.5) is 8.78 Å². The predicted octanol–water partition coefficient (Wildman–Crippen LogP) is 4.05. The molecule has 0 N–H and O–H groups in total. The van der Waals surface area contributed by atoms with Gasteiger partial charge in [0, 0.05) is 23.1 Å². The third kappa shape index (κ3) is 2.31. The first-order chi connectivity index (χ1) is 10.6. The molecule has 2 heterocycles. The lowest BCUT2D eigenvalue weighted by molar-refractivity contribution is 0.378. The zero-order chi connectivity index (χ0) is 15.3. The first-order valence-electron chi connectivity index (χ1n) is 6.83. The van der Waals surface area contributed by atoms with Crippen LogP contribution in [0, 0.1) is 18.6 Å². The van der Waals surface area contributed by atoms with Gasteiger partial charge in [-0.15, -0.1) is 11.3 Å². The number of aromatic nitrogens is 3. The average Bonchev–Trinajstić information content (AvgIpc) is 2.92. The molecule has 2 atom stereocenters. The van der Waals surface area contributed by atoms with Gasteiger partial charge in [-0.05, 0) is 30.9 Å². The first-order valence-corrected chi connectivity index (χ1v) is 7.71. The number of halogens is 2. The fourth-order valence-electron chi connectivity index (χ4n) is 2.54. The normalized spacial score (nSPS) is 20.3. The van der Waals surface area contributed by atoms with E-state index < -0.39 is 11.6 Å². The molecule has 4 rings (SSSR count). The molecule has 22 heavy (non-hydrogen) atoms. The van der Waals surface area contributed by atoms with Gasteiger partial charge in [0.05, 0.1) is 0 Å². The van der Waals surface area contributed by atoms with E-state index in [1.807, 2.05) is 12.3 Å². The maximum Gasteiger partial charge on any atom is 0.231 e. The summed E-state index contributed by atoms with van der Waals surface area (Å²) in [6.45, 7) is 1.90. The molecule has 1 fully saturated rings. The van der Waals surface area contributed by atoms with E-state index in [-0.39, 0.29) is 11.8 Å². The summed E-state index contributed by atoms with van der Waals surface area (Å²) in [5, 5.41) is 6.56. The van der Waals surface area contributed by atoms with Crippen LogP contribution in [0.2, 0.25) is 0 Å². The second-order valence-corrected chi connectivity index (χ2v) is 6.22. The molecular weight excluding hydrogens is 308 g/mol. The number of hydrogen-bond acceptors (Lipinski definition) is 5. The van der Waals surface area contributed by atoms with Crippen LogP contribution in [0.3, 0.4) is 0 Å². The van der Waals surface area contributed by atoms with Crippen LogP contribution in [-0.2, 0) is 0 Å². The highest BCUT2D eigenvalue weighted by molar-refractivity contribution is 7.13. The molecule has 112 valence electrons. The lowest BCUT2D eigenvalue weighted by atomic mass is 10.1.